The van der Waals surface area contributed by atoms with E-state index in [-0.39, 0.29) is 15.5 Å². The highest BCUT2D eigenvalue weighted by atomic mass is 32.2. The molecule has 0 radical (unpaired) electrons. The van der Waals surface area contributed by atoms with Gasteiger partial charge in [-0.2, -0.15) is 0 Å². The molecule has 1 amide bonds. The number of pyridine rings is 1. The summed E-state index contributed by atoms with van der Waals surface area (Å²) in [6.45, 7) is 3.35. The molecule has 1 fully saturated rings. The van der Waals surface area contributed by atoms with Gasteiger partial charge in [0.1, 0.15) is 4.90 Å². The monoisotopic (exact) mass is 396 g/mol. The van der Waals surface area contributed by atoms with Crippen LogP contribution in [0.4, 0.5) is 11.4 Å². The van der Waals surface area contributed by atoms with Crippen molar-refractivity contribution in [3.63, 3.8) is 0 Å². The molecule has 1 aliphatic rings. The smallest absolute Gasteiger partial charge is 0.211 e. The van der Waals surface area contributed by atoms with Crippen molar-refractivity contribution in [1.29, 1.82) is 0 Å². The Bertz CT molecular complexity index is 1110. The number of sulfone groups is 1. The third-order valence-electron chi connectivity index (χ3n) is 4.82. The Morgan fingerprint density at radius 1 is 1.04 bits per heavy atom. The minimum Gasteiger partial charge on any atom is -0.367 e. The molecule has 1 saturated heterocycles. The molecule has 8 heteroatoms. The third kappa shape index (κ3) is 3.21. The van der Waals surface area contributed by atoms with Crippen molar-refractivity contribution >= 4 is 38.5 Å². The van der Waals surface area contributed by atoms with Gasteiger partial charge in [-0.3, -0.25) is 9.78 Å². The minimum absolute atomic E-state index is 0.0628. The standard InChI is InChI=1S/C20H20N4O3S/c25-14-23-17-13-22-19-16(7-4-8-18(19)24-11-9-21-10-12-24)20(17)28(26,27)15-5-2-1-3-6-15/h1-8,13-14,21H,9-12H2,(H,23,25). The lowest BCUT2D eigenvalue weighted by atomic mass is 10.1. The number of rotatable bonds is 5. The number of amides is 1. The van der Waals surface area contributed by atoms with Crippen LogP contribution in [-0.2, 0) is 14.6 Å². The number of benzene rings is 2. The molecule has 0 unspecified atom stereocenters. The third-order valence-corrected chi connectivity index (χ3v) is 6.69. The van der Waals surface area contributed by atoms with Crippen LogP contribution in [0.25, 0.3) is 10.9 Å². The van der Waals surface area contributed by atoms with E-state index in [1.54, 1.807) is 36.4 Å². The lowest BCUT2D eigenvalue weighted by molar-refractivity contribution is -0.105. The molecule has 1 aliphatic heterocycles. The number of fused-ring (bicyclic) bond motifs is 1. The van der Waals surface area contributed by atoms with Gasteiger partial charge in [0, 0.05) is 31.6 Å². The lowest BCUT2D eigenvalue weighted by Gasteiger charge is -2.30. The minimum atomic E-state index is -3.86. The first-order valence-corrected chi connectivity index (χ1v) is 10.5. The molecule has 4 rings (SSSR count). The Morgan fingerprint density at radius 3 is 2.50 bits per heavy atom. The fourth-order valence-electron chi connectivity index (χ4n) is 3.52. The summed E-state index contributed by atoms with van der Waals surface area (Å²) < 4.78 is 26.8. The van der Waals surface area contributed by atoms with Crippen LogP contribution in [0, 0.1) is 0 Å². The van der Waals surface area contributed by atoms with Gasteiger partial charge in [0.05, 0.1) is 28.0 Å². The normalized spacial score (nSPS) is 14.8. The Hall–Kier alpha value is -2.97. The maximum absolute atomic E-state index is 13.4. The van der Waals surface area contributed by atoms with Crippen LogP contribution < -0.4 is 15.5 Å². The first kappa shape index (κ1) is 18.4. The van der Waals surface area contributed by atoms with Crippen molar-refractivity contribution in [1.82, 2.24) is 10.3 Å². The molecule has 2 N–H and O–H groups in total. The van der Waals surface area contributed by atoms with E-state index < -0.39 is 9.84 Å². The summed E-state index contributed by atoms with van der Waals surface area (Å²) in [5.74, 6) is 0. The highest BCUT2D eigenvalue weighted by Crippen LogP contribution is 2.36. The Labute approximate surface area is 163 Å². The number of para-hydroxylation sites is 1. The van der Waals surface area contributed by atoms with Crippen molar-refractivity contribution in [3.05, 3.63) is 54.7 Å². The molecule has 0 saturated carbocycles. The second-order valence-corrected chi connectivity index (χ2v) is 8.38. The van der Waals surface area contributed by atoms with E-state index in [1.165, 1.54) is 6.20 Å². The zero-order chi connectivity index (χ0) is 19.6. The second-order valence-electron chi connectivity index (χ2n) is 6.49. The van der Waals surface area contributed by atoms with Gasteiger partial charge >= 0.3 is 0 Å². The molecule has 3 aromatic rings. The number of nitrogens with one attached hydrogen (secondary N) is 2. The predicted octanol–water partition coefficient (Wildman–Crippen LogP) is 2.05. The number of hydrogen-bond acceptors (Lipinski definition) is 6. The Morgan fingerprint density at radius 2 is 1.79 bits per heavy atom. The van der Waals surface area contributed by atoms with Crippen LogP contribution in [0.5, 0.6) is 0 Å². The molecule has 0 bridgehead atoms. The van der Waals surface area contributed by atoms with E-state index in [9.17, 15) is 13.2 Å². The molecular formula is C20H20N4O3S. The van der Waals surface area contributed by atoms with E-state index in [0.717, 1.165) is 31.9 Å². The fourth-order valence-corrected chi connectivity index (χ4v) is 5.12. The van der Waals surface area contributed by atoms with E-state index in [4.69, 9.17) is 0 Å². The second kappa shape index (κ2) is 7.57. The van der Waals surface area contributed by atoms with Crippen LogP contribution in [0.1, 0.15) is 0 Å². The number of anilines is 2. The molecular weight excluding hydrogens is 376 g/mol. The van der Waals surface area contributed by atoms with Crippen LogP contribution in [0.2, 0.25) is 0 Å². The van der Waals surface area contributed by atoms with Gasteiger partial charge < -0.3 is 15.5 Å². The summed E-state index contributed by atoms with van der Waals surface area (Å²) in [7, 11) is -3.86. The van der Waals surface area contributed by atoms with E-state index in [1.807, 2.05) is 12.1 Å². The fraction of sp³-hybridized carbons (Fsp3) is 0.200. The number of piperazine rings is 1. The summed E-state index contributed by atoms with van der Waals surface area (Å²) in [5.41, 5.74) is 1.67. The van der Waals surface area contributed by atoms with Gasteiger partial charge in [-0.1, -0.05) is 30.3 Å². The quantitative estimate of drug-likeness (QED) is 0.642. The largest absolute Gasteiger partial charge is 0.367 e. The first-order chi connectivity index (χ1) is 13.6. The van der Waals surface area contributed by atoms with E-state index in [2.05, 4.69) is 20.5 Å². The van der Waals surface area contributed by atoms with Crippen molar-refractivity contribution in [3.8, 4) is 0 Å². The van der Waals surface area contributed by atoms with Crippen LogP contribution >= 0.6 is 0 Å². The van der Waals surface area contributed by atoms with Gasteiger partial charge in [-0.05, 0) is 18.2 Å². The van der Waals surface area contributed by atoms with Crippen LogP contribution in [0.15, 0.2) is 64.5 Å². The first-order valence-electron chi connectivity index (χ1n) is 9.00. The molecule has 7 nitrogen and oxygen atoms in total. The average Bonchev–Trinajstić information content (AvgIpc) is 2.74. The Balaban J connectivity index is 1.98. The van der Waals surface area contributed by atoms with Gasteiger partial charge in [-0.15, -0.1) is 0 Å². The predicted molar refractivity (Wildman–Crippen MR) is 108 cm³/mol. The zero-order valence-corrected chi connectivity index (χ0v) is 15.9. The SMILES string of the molecule is O=CNc1cnc2c(N3CCNCC3)cccc2c1S(=O)(=O)c1ccccc1. The summed E-state index contributed by atoms with van der Waals surface area (Å²) in [4.78, 5) is 18.0. The molecule has 0 aliphatic carbocycles. The summed E-state index contributed by atoms with van der Waals surface area (Å²) in [6, 6.07) is 13.7. The van der Waals surface area contributed by atoms with Gasteiger partial charge in [0.15, 0.2) is 0 Å². The van der Waals surface area contributed by atoms with Gasteiger partial charge in [-0.25, -0.2) is 8.42 Å². The number of aromatic nitrogens is 1. The van der Waals surface area contributed by atoms with Crippen LogP contribution in [0.3, 0.4) is 0 Å². The topological polar surface area (TPSA) is 91.4 Å². The number of hydrogen-bond donors (Lipinski definition) is 2. The average molecular weight is 396 g/mol. The molecule has 2 aromatic carbocycles. The number of carbonyl (C=O) groups is 1. The summed E-state index contributed by atoms with van der Waals surface area (Å²) >= 11 is 0. The van der Waals surface area contributed by atoms with Gasteiger partial charge in [0.25, 0.3) is 0 Å². The molecule has 0 atom stereocenters. The maximum atomic E-state index is 13.4. The van der Waals surface area contributed by atoms with Gasteiger partial charge in [0.2, 0.25) is 16.2 Å². The summed E-state index contributed by atoms with van der Waals surface area (Å²) in [6.07, 6.45) is 1.88. The number of nitrogens with zero attached hydrogens (tertiary/aromatic N) is 2. The lowest BCUT2D eigenvalue weighted by Crippen LogP contribution is -2.43. The van der Waals surface area contributed by atoms with E-state index >= 15 is 0 Å². The van der Waals surface area contributed by atoms with Crippen molar-refractivity contribution < 1.29 is 13.2 Å². The highest BCUT2D eigenvalue weighted by molar-refractivity contribution is 7.92. The van der Waals surface area contributed by atoms with Crippen molar-refractivity contribution in [2.75, 3.05) is 36.4 Å². The van der Waals surface area contributed by atoms with Crippen molar-refractivity contribution in [2.45, 2.75) is 9.79 Å². The highest BCUT2D eigenvalue weighted by Gasteiger charge is 2.26. The van der Waals surface area contributed by atoms with Crippen LogP contribution in [-0.4, -0.2) is 46.0 Å². The number of carbonyl (C=O) groups excluding carboxylic acids is 1. The van der Waals surface area contributed by atoms with Crippen molar-refractivity contribution in [2.24, 2.45) is 0 Å². The zero-order valence-electron chi connectivity index (χ0n) is 15.1. The molecule has 2 heterocycles. The molecule has 28 heavy (non-hydrogen) atoms. The Kier molecular flexibility index (Phi) is 4.97. The molecule has 0 spiro atoms. The molecule has 144 valence electrons. The molecule has 1 aromatic heterocycles. The maximum Gasteiger partial charge on any atom is 0.211 e. The summed E-state index contributed by atoms with van der Waals surface area (Å²) in [5, 5.41) is 6.30. The van der Waals surface area contributed by atoms with E-state index in [0.29, 0.717) is 17.3 Å².